The molecular weight excluding hydrogens is 236 g/mol. The van der Waals surface area contributed by atoms with Gasteiger partial charge in [-0.1, -0.05) is 6.92 Å². The molecule has 2 N–H and O–H groups in total. The van der Waals surface area contributed by atoms with E-state index in [-0.39, 0.29) is 31.0 Å². The molecule has 0 bridgehead atoms. The van der Waals surface area contributed by atoms with Crippen LogP contribution in [0, 0.1) is 11.8 Å². The predicted molar refractivity (Wildman–Crippen MR) is 64.1 cm³/mol. The molecule has 0 aromatic heterocycles. The number of rotatable bonds is 3. The molecule has 0 aromatic rings. The first-order chi connectivity index (χ1) is 8.52. The van der Waals surface area contributed by atoms with Crippen molar-refractivity contribution in [1.29, 1.82) is 0 Å². The van der Waals surface area contributed by atoms with Crippen molar-refractivity contribution in [3.63, 3.8) is 0 Å². The number of hydrogen-bond donors (Lipinski definition) is 2. The third kappa shape index (κ3) is 2.43. The molecule has 18 heavy (non-hydrogen) atoms. The molecule has 2 unspecified atom stereocenters. The number of carbonyl (C=O) groups excluding carboxylic acids is 1. The second-order valence-corrected chi connectivity index (χ2v) is 5.36. The fourth-order valence-corrected chi connectivity index (χ4v) is 2.81. The van der Waals surface area contributed by atoms with Crippen molar-refractivity contribution in [2.75, 3.05) is 26.2 Å². The molecule has 2 aliphatic rings. The molecule has 0 saturated carbocycles. The second-order valence-electron chi connectivity index (χ2n) is 5.36. The minimum atomic E-state index is -0.810. The third-order valence-electron chi connectivity index (χ3n) is 4.01. The summed E-state index contributed by atoms with van der Waals surface area (Å²) in [6.07, 6.45) is 1.05. The van der Waals surface area contributed by atoms with E-state index in [2.05, 4.69) is 0 Å². The highest BCUT2D eigenvalue weighted by atomic mass is 16.4. The van der Waals surface area contributed by atoms with Gasteiger partial charge in [0.05, 0.1) is 19.1 Å². The summed E-state index contributed by atoms with van der Waals surface area (Å²) in [5.41, 5.74) is 0. The van der Waals surface area contributed by atoms with Gasteiger partial charge >= 0.3 is 12.0 Å². The van der Waals surface area contributed by atoms with Gasteiger partial charge in [-0.25, -0.2) is 4.79 Å². The topological polar surface area (TPSA) is 81.1 Å². The number of amides is 2. The molecule has 2 aliphatic heterocycles. The number of carboxylic acid groups (broad SMARTS) is 1. The van der Waals surface area contributed by atoms with Crippen molar-refractivity contribution in [1.82, 2.24) is 9.80 Å². The molecule has 2 rings (SSSR count). The Kier molecular flexibility index (Phi) is 3.75. The summed E-state index contributed by atoms with van der Waals surface area (Å²) in [4.78, 5) is 26.1. The molecule has 2 atom stereocenters. The van der Waals surface area contributed by atoms with E-state index in [0.29, 0.717) is 25.6 Å². The SMILES string of the molecule is CC1CCN(C(=O)N2CC(CC(=O)O)C2)C1CO. The second kappa shape index (κ2) is 5.14. The van der Waals surface area contributed by atoms with Gasteiger partial charge in [0.15, 0.2) is 0 Å². The van der Waals surface area contributed by atoms with E-state index in [1.165, 1.54) is 0 Å². The summed E-state index contributed by atoms with van der Waals surface area (Å²) in [5.74, 6) is -0.399. The van der Waals surface area contributed by atoms with Crippen LogP contribution in [0.1, 0.15) is 19.8 Å². The van der Waals surface area contributed by atoms with Gasteiger partial charge < -0.3 is 20.0 Å². The number of carbonyl (C=O) groups is 2. The van der Waals surface area contributed by atoms with Crippen molar-refractivity contribution < 1.29 is 19.8 Å². The average Bonchev–Trinajstić information content (AvgIpc) is 2.63. The largest absolute Gasteiger partial charge is 0.481 e. The molecular formula is C12H20N2O4. The van der Waals surface area contributed by atoms with Crippen LogP contribution in [-0.2, 0) is 4.79 Å². The van der Waals surface area contributed by atoms with Gasteiger partial charge in [-0.15, -0.1) is 0 Å². The lowest BCUT2D eigenvalue weighted by molar-refractivity contribution is -0.139. The predicted octanol–water partition coefficient (Wildman–Crippen LogP) is 0.216. The van der Waals surface area contributed by atoms with Crippen LogP contribution >= 0.6 is 0 Å². The third-order valence-corrected chi connectivity index (χ3v) is 4.01. The highest BCUT2D eigenvalue weighted by Crippen LogP contribution is 2.28. The Hall–Kier alpha value is -1.30. The lowest BCUT2D eigenvalue weighted by atomic mass is 9.97. The summed E-state index contributed by atoms with van der Waals surface area (Å²) < 4.78 is 0. The van der Waals surface area contributed by atoms with Gasteiger partial charge in [-0.2, -0.15) is 0 Å². The van der Waals surface area contributed by atoms with E-state index in [4.69, 9.17) is 5.11 Å². The fourth-order valence-electron chi connectivity index (χ4n) is 2.81. The Balaban J connectivity index is 1.85. The average molecular weight is 256 g/mol. The Labute approximate surface area is 106 Å². The maximum atomic E-state index is 12.2. The summed E-state index contributed by atoms with van der Waals surface area (Å²) in [6.45, 7) is 3.77. The zero-order chi connectivity index (χ0) is 13.3. The molecule has 0 spiro atoms. The summed E-state index contributed by atoms with van der Waals surface area (Å²) in [6, 6.07) is -0.143. The minimum Gasteiger partial charge on any atom is -0.481 e. The number of urea groups is 1. The smallest absolute Gasteiger partial charge is 0.320 e. The zero-order valence-electron chi connectivity index (χ0n) is 10.6. The lowest BCUT2D eigenvalue weighted by Gasteiger charge is -2.42. The van der Waals surface area contributed by atoms with Gasteiger partial charge in [0.1, 0.15) is 0 Å². The molecule has 2 amide bonds. The maximum absolute atomic E-state index is 12.2. The monoisotopic (exact) mass is 256 g/mol. The van der Waals surface area contributed by atoms with Gasteiger partial charge in [-0.05, 0) is 12.3 Å². The quantitative estimate of drug-likeness (QED) is 0.756. The highest BCUT2D eigenvalue weighted by molar-refractivity contribution is 5.76. The normalized spacial score (nSPS) is 28.3. The molecule has 0 aliphatic carbocycles. The number of likely N-dealkylation sites (tertiary alicyclic amines) is 2. The lowest BCUT2D eigenvalue weighted by Crippen LogP contribution is -2.56. The molecule has 2 fully saturated rings. The standard InChI is InChI=1S/C12H20N2O4/c1-8-2-3-14(10(8)7-15)12(18)13-5-9(6-13)4-11(16)17/h8-10,15H,2-7H2,1H3,(H,16,17). The number of nitrogens with zero attached hydrogens (tertiary/aromatic N) is 2. The first-order valence-corrected chi connectivity index (χ1v) is 6.41. The maximum Gasteiger partial charge on any atom is 0.320 e. The Morgan fingerprint density at radius 3 is 2.56 bits per heavy atom. The van der Waals surface area contributed by atoms with Gasteiger partial charge in [-0.3, -0.25) is 4.79 Å². The Bertz CT molecular complexity index is 341. The summed E-state index contributed by atoms with van der Waals surface area (Å²) in [5, 5.41) is 18.0. The van der Waals surface area contributed by atoms with Crippen LogP contribution < -0.4 is 0 Å². The highest BCUT2D eigenvalue weighted by Gasteiger charge is 2.40. The van der Waals surface area contributed by atoms with Crippen LogP contribution in [0.15, 0.2) is 0 Å². The minimum absolute atomic E-state index is 0.000693. The first kappa shape index (κ1) is 13.1. The molecule has 2 heterocycles. The zero-order valence-corrected chi connectivity index (χ0v) is 10.6. The number of aliphatic hydroxyl groups is 1. The number of aliphatic carboxylic acids is 1. The summed E-state index contributed by atoms with van der Waals surface area (Å²) >= 11 is 0. The van der Waals surface area contributed by atoms with E-state index in [0.717, 1.165) is 6.42 Å². The Morgan fingerprint density at radius 1 is 1.33 bits per heavy atom. The van der Waals surface area contributed by atoms with Gasteiger partial charge in [0.25, 0.3) is 0 Å². The van der Waals surface area contributed by atoms with E-state index in [9.17, 15) is 14.7 Å². The van der Waals surface area contributed by atoms with Gasteiger partial charge in [0.2, 0.25) is 0 Å². The molecule has 2 saturated heterocycles. The van der Waals surface area contributed by atoms with Gasteiger partial charge in [0, 0.05) is 25.6 Å². The Morgan fingerprint density at radius 2 is 2.00 bits per heavy atom. The van der Waals surface area contributed by atoms with Crippen molar-refractivity contribution in [3.05, 3.63) is 0 Å². The number of hydrogen-bond acceptors (Lipinski definition) is 3. The van der Waals surface area contributed by atoms with Crippen molar-refractivity contribution in [3.8, 4) is 0 Å². The van der Waals surface area contributed by atoms with Crippen molar-refractivity contribution in [2.24, 2.45) is 11.8 Å². The van der Waals surface area contributed by atoms with E-state index in [1.54, 1.807) is 9.80 Å². The van der Waals surface area contributed by atoms with E-state index in [1.807, 2.05) is 6.92 Å². The number of carboxylic acids is 1. The van der Waals surface area contributed by atoms with E-state index < -0.39 is 5.97 Å². The van der Waals surface area contributed by atoms with Crippen LogP contribution in [0.4, 0.5) is 4.79 Å². The van der Waals surface area contributed by atoms with Crippen LogP contribution in [0.2, 0.25) is 0 Å². The van der Waals surface area contributed by atoms with Crippen LogP contribution in [0.5, 0.6) is 0 Å². The fraction of sp³-hybridized carbons (Fsp3) is 0.833. The summed E-state index contributed by atoms with van der Waals surface area (Å²) in [7, 11) is 0. The first-order valence-electron chi connectivity index (χ1n) is 6.41. The molecule has 0 aromatic carbocycles. The van der Waals surface area contributed by atoms with Crippen molar-refractivity contribution >= 4 is 12.0 Å². The van der Waals surface area contributed by atoms with Crippen molar-refractivity contribution in [2.45, 2.75) is 25.8 Å². The van der Waals surface area contributed by atoms with E-state index >= 15 is 0 Å². The molecule has 102 valence electrons. The van der Waals surface area contributed by atoms with Crippen LogP contribution in [-0.4, -0.2) is 64.3 Å². The molecule has 6 nitrogen and oxygen atoms in total. The van der Waals surface area contributed by atoms with Crippen LogP contribution in [0.3, 0.4) is 0 Å². The molecule has 6 heteroatoms. The van der Waals surface area contributed by atoms with Crippen LogP contribution in [0.25, 0.3) is 0 Å². The molecule has 0 radical (unpaired) electrons. The number of aliphatic hydroxyl groups excluding tert-OH is 1.